The third kappa shape index (κ3) is 2.07. The third-order valence-electron chi connectivity index (χ3n) is 2.62. The molecule has 0 radical (unpaired) electrons. The van der Waals surface area contributed by atoms with E-state index in [1.165, 1.54) is 16.7 Å². The topological polar surface area (TPSA) is 21.3 Å². The van der Waals surface area contributed by atoms with Gasteiger partial charge in [0.15, 0.2) is 0 Å². The maximum absolute atomic E-state index is 5.32. The predicted octanol–water partition coefficient (Wildman–Crippen LogP) is 2.59. The number of aryl methyl sites for hydroxylation is 2. The van der Waals surface area contributed by atoms with Crippen LogP contribution in [-0.2, 0) is 0 Å². The Bertz CT molecular complexity index is 297. The van der Waals surface area contributed by atoms with E-state index >= 15 is 0 Å². The number of ether oxygens (including phenoxy) is 1. The van der Waals surface area contributed by atoms with Crippen LogP contribution in [0, 0.1) is 13.8 Å². The molecule has 14 heavy (non-hydrogen) atoms. The summed E-state index contributed by atoms with van der Waals surface area (Å²) in [6, 6.07) is 4.73. The molecule has 2 nitrogen and oxygen atoms in total. The van der Waals surface area contributed by atoms with Crippen molar-refractivity contribution < 1.29 is 4.74 Å². The van der Waals surface area contributed by atoms with Crippen LogP contribution in [0.2, 0.25) is 0 Å². The molecule has 0 spiro atoms. The Morgan fingerprint density at radius 3 is 2.07 bits per heavy atom. The molecule has 1 N–H and O–H groups in total. The first kappa shape index (κ1) is 11.1. The lowest BCUT2D eigenvalue weighted by Gasteiger charge is -2.15. The van der Waals surface area contributed by atoms with Crippen molar-refractivity contribution in [2.45, 2.75) is 26.8 Å². The zero-order valence-electron chi connectivity index (χ0n) is 9.64. The summed E-state index contributed by atoms with van der Waals surface area (Å²) in [4.78, 5) is 0. The Kier molecular flexibility index (Phi) is 3.53. The van der Waals surface area contributed by atoms with Crippen LogP contribution in [-0.4, -0.2) is 14.2 Å². The molecule has 0 saturated carbocycles. The highest BCUT2D eigenvalue weighted by molar-refractivity contribution is 5.44. The van der Waals surface area contributed by atoms with E-state index in [1.54, 1.807) is 7.11 Å². The highest BCUT2D eigenvalue weighted by Gasteiger charge is 2.08. The second-order valence-corrected chi connectivity index (χ2v) is 3.70. The fraction of sp³-hybridized carbons (Fsp3) is 0.500. The standard InChI is InChI=1S/C12H19NO/c1-8-6-11(10(3)13-4)7-9(2)12(8)14-5/h6-7,10,13H,1-5H3/t10-/m1/s1. The number of nitrogens with one attached hydrogen (secondary N) is 1. The van der Waals surface area contributed by atoms with E-state index in [9.17, 15) is 0 Å². The van der Waals surface area contributed by atoms with Crippen LogP contribution in [0.5, 0.6) is 5.75 Å². The summed E-state index contributed by atoms with van der Waals surface area (Å²) < 4.78 is 5.32. The van der Waals surface area contributed by atoms with Gasteiger partial charge in [0.1, 0.15) is 5.75 Å². The molecule has 0 amide bonds. The summed E-state index contributed by atoms with van der Waals surface area (Å²) >= 11 is 0. The molecule has 1 aromatic carbocycles. The van der Waals surface area contributed by atoms with E-state index in [1.807, 2.05) is 7.05 Å². The van der Waals surface area contributed by atoms with Gasteiger partial charge >= 0.3 is 0 Å². The van der Waals surface area contributed by atoms with E-state index < -0.39 is 0 Å². The van der Waals surface area contributed by atoms with Crippen LogP contribution >= 0.6 is 0 Å². The largest absolute Gasteiger partial charge is 0.496 e. The minimum absolute atomic E-state index is 0.387. The lowest BCUT2D eigenvalue weighted by atomic mass is 10.0. The second kappa shape index (κ2) is 4.47. The molecule has 78 valence electrons. The molecule has 0 fully saturated rings. The normalized spacial score (nSPS) is 12.6. The smallest absolute Gasteiger partial charge is 0.124 e. The fourth-order valence-electron chi connectivity index (χ4n) is 1.72. The fourth-order valence-corrected chi connectivity index (χ4v) is 1.72. The summed E-state index contributed by atoms with van der Waals surface area (Å²) in [7, 11) is 3.69. The third-order valence-corrected chi connectivity index (χ3v) is 2.62. The summed E-state index contributed by atoms with van der Waals surface area (Å²) in [6.45, 7) is 6.32. The number of rotatable bonds is 3. The Morgan fingerprint density at radius 2 is 1.71 bits per heavy atom. The van der Waals surface area contributed by atoms with E-state index in [4.69, 9.17) is 4.74 Å². The van der Waals surface area contributed by atoms with Crippen molar-refractivity contribution in [2.24, 2.45) is 0 Å². The van der Waals surface area contributed by atoms with Crippen LogP contribution in [0.15, 0.2) is 12.1 Å². The van der Waals surface area contributed by atoms with E-state index in [-0.39, 0.29) is 0 Å². The minimum atomic E-state index is 0.387. The average Bonchev–Trinajstić information content (AvgIpc) is 2.16. The lowest BCUT2D eigenvalue weighted by molar-refractivity contribution is 0.408. The number of hydrogen-bond acceptors (Lipinski definition) is 2. The second-order valence-electron chi connectivity index (χ2n) is 3.70. The van der Waals surface area contributed by atoms with Crippen molar-refractivity contribution in [1.29, 1.82) is 0 Å². The average molecular weight is 193 g/mol. The van der Waals surface area contributed by atoms with Gasteiger partial charge in [0.25, 0.3) is 0 Å². The first-order valence-corrected chi connectivity index (χ1v) is 4.92. The SMILES string of the molecule is CN[C@H](C)c1cc(C)c(OC)c(C)c1. The Balaban J connectivity index is 3.13. The minimum Gasteiger partial charge on any atom is -0.496 e. The number of hydrogen-bond donors (Lipinski definition) is 1. The van der Waals surface area contributed by atoms with Gasteiger partial charge < -0.3 is 10.1 Å². The van der Waals surface area contributed by atoms with Crippen LogP contribution in [0.25, 0.3) is 0 Å². The van der Waals surface area contributed by atoms with Crippen molar-refractivity contribution in [2.75, 3.05) is 14.2 Å². The van der Waals surface area contributed by atoms with Gasteiger partial charge in [-0.1, -0.05) is 12.1 Å². The van der Waals surface area contributed by atoms with Crippen LogP contribution < -0.4 is 10.1 Å². The molecular formula is C12H19NO. The van der Waals surface area contributed by atoms with Crippen LogP contribution in [0.4, 0.5) is 0 Å². The molecule has 0 saturated heterocycles. The molecule has 0 aliphatic heterocycles. The molecule has 0 heterocycles. The molecule has 2 heteroatoms. The van der Waals surface area contributed by atoms with E-state index in [0.29, 0.717) is 6.04 Å². The zero-order chi connectivity index (χ0) is 10.7. The number of benzene rings is 1. The molecular weight excluding hydrogens is 174 g/mol. The summed E-state index contributed by atoms with van der Waals surface area (Å²) in [5.41, 5.74) is 3.71. The maximum atomic E-state index is 5.32. The molecule has 0 aliphatic rings. The van der Waals surface area contributed by atoms with Gasteiger partial charge in [-0.05, 0) is 44.5 Å². The summed E-state index contributed by atoms with van der Waals surface area (Å²) in [6.07, 6.45) is 0. The Hall–Kier alpha value is -1.02. The highest BCUT2D eigenvalue weighted by Crippen LogP contribution is 2.26. The van der Waals surface area contributed by atoms with Crippen molar-refractivity contribution >= 4 is 0 Å². The van der Waals surface area contributed by atoms with Crippen molar-refractivity contribution in [3.8, 4) is 5.75 Å². The molecule has 0 aliphatic carbocycles. The van der Waals surface area contributed by atoms with Crippen molar-refractivity contribution in [1.82, 2.24) is 5.32 Å². The van der Waals surface area contributed by atoms with Gasteiger partial charge in [0.05, 0.1) is 7.11 Å². The highest BCUT2D eigenvalue weighted by atomic mass is 16.5. The van der Waals surface area contributed by atoms with Gasteiger partial charge in [0.2, 0.25) is 0 Å². The first-order chi connectivity index (χ1) is 6.60. The summed E-state index contributed by atoms with van der Waals surface area (Å²) in [5, 5.41) is 3.23. The Morgan fingerprint density at radius 1 is 1.21 bits per heavy atom. The van der Waals surface area contributed by atoms with Gasteiger partial charge in [-0.15, -0.1) is 0 Å². The van der Waals surface area contributed by atoms with Gasteiger partial charge in [-0.25, -0.2) is 0 Å². The molecule has 0 aromatic heterocycles. The van der Waals surface area contributed by atoms with E-state index in [2.05, 4.69) is 38.2 Å². The molecule has 1 aromatic rings. The maximum Gasteiger partial charge on any atom is 0.124 e. The van der Waals surface area contributed by atoms with Gasteiger partial charge in [-0.2, -0.15) is 0 Å². The zero-order valence-corrected chi connectivity index (χ0v) is 9.64. The van der Waals surface area contributed by atoms with Crippen molar-refractivity contribution in [3.05, 3.63) is 28.8 Å². The van der Waals surface area contributed by atoms with Gasteiger partial charge in [-0.3, -0.25) is 0 Å². The predicted molar refractivity (Wildman–Crippen MR) is 59.9 cm³/mol. The monoisotopic (exact) mass is 193 g/mol. The molecule has 1 rings (SSSR count). The number of methoxy groups -OCH3 is 1. The van der Waals surface area contributed by atoms with Crippen LogP contribution in [0.3, 0.4) is 0 Å². The quantitative estimate of drug-likeness (QED) is 0.796. The van der Waals surface area contributed by atoms with Crippen molar-refractivity contribution in [3.63, 3.8) is 0 Å². The molecule has 0 unspecified atom stereocenters. The lowest BCUT2D eigenvalue weighted by Crippen LogP contribution is -2.12. The summed E-state index contributed by atoms with van der Waals surface area (Å²) in [5.74, 6) is 0.997. The first-order valence-electron chi connectivity index (χ1n) is 4.92. The molecule has 0 bridgehead atoms. The van der Waals surface area contributed by atoms with E-state index in [0.717, 1.165) is 5.75 Å². The van der Waals surface area contributed by atoms with Crippen LogP contribution in [0.1, 0.15) is 29.7 Å². The van der Waals surface area contributed by atoms with Gasteiger partial charge in [0, 0.05) is 6.04 Å². The Labute approximate surface area is 86.3 Å². The molecule has 1 atom stereocenters.